The van der Waals surface area contributed by atoms with Gasteiger partial charge in [-0.3, -0.25) is 4.79 Å². The summed E-state index contributed by atoms with van der Waals surface area (Å²) >= 11 is 0. The third kappa shape index (κ3) is 5.11. The largest absolute Gasteiger partial charge is 0.386 e. The first kappa shape index (κ1) is 15.7. The first-order valence-electron chi connectivity index (χ1n) is 6.45. The van der Waals surface area contributed by atoms with Gasteiger partial charge in [0.2, 0.25) is 0 Å². The quantitative estimate of drug-likeness (QED) is 0.618. The molecule has 0 saturated heterocycles. The maximum Gasteiger partial charge on any atom is 0.263 e. The van der Waals surface area contributed by atoms with Gasteiger partial charge in [-0.15, -0.1) is 0 Å². The molecule has 0 spiro atoms. The zero-order chi connectivity index (χ0) is 15.0. The summed E-state index contributed by atoms with van der Waals surface area (Å²) in [5.41, 5.74) is 0.884. The van der Waals surface area contributed by atoms with E-state index in [0.717, 1.165) is 12.0 Å². The minimum absolute atomic E-state index is 0.0208. The number of benzene rings is 1. The van der Waals surface area contributed by atoms with Crippen LogP contribution in [0.5, 0.6) is 0 Å². The molecule has 0 aliphatic rings. The predicted octanol–water partition coefficient (Wildman–Crippen LogP) is 2.24. The summed E-state index contributed by atoms with van der Waals surface area (Å²) in [6.07, 6.45) is 2.18. The lowest BCUT2D eigenvalue weighted by Crippen LogP contribution is -2.33. The van der Waals surface area contributed by atoms with Crippen molar-refractivity contribution in [3.8, 4) is 6.07 Å². The Morgan fingerprint density at radius 2 is 2.10 bits per heavy atom. The lowest BCUT2D eigenvalue weighted by Gasteiger charge is -2.10. The van der Waals surface area contributed by atoms with Crippen LogP contribution in [0.15, 0.2) is 36.0 Å². The maximum atomic E-state index is 12.7. The van der Waals surface area contributed by atoms with Gasteiger partial charge in [-0.05, 0) is 31.0 Å². The molecule has 1 aromatic rings. The van der Waals surface area contributed by atoms with E-state index in [1.54, 1.807) is 12.1 Å². The fraction of sp³-hybridized carbons (Fsp3) is 0.333. The SMILES string of the molecule is CCC(C)NC(=O)/C(C#N)=C\NCc1ccc(F)cc1. The van der Waals surface area contributed by atoms with Crippen LogP contribution in [-0.4, -0.2) is 11.9 Å². The molecule has 0 aliphatic heterocycles. The molecule has 1 unspecified atom stereocenters. The highest BCUT2D eigenvalue weighted by molar-refractivity contribution is 5.97. The van der Waals surface area contributed by atoms with Crippen molar-refractivity contribution in [3.63, 3.8) is 0 Å². The number of carbonyl (C=O) groups excluding carboxylic acids is 1. The second kappa shape index (κ2) is 7.95. The smallest absolute Gasteiger partial charge is 0.263 e. The van der Waals surface area contributed by atoms with Gasteiger partial charge in [0.25, 0.3) is 5.91 Å². The summed E-state index contributed by atoms with van der Waals surface area (Å²) in [5, 5.41) is 14.5. The van der Waals surface area contributed by atoms with Gasteiger partial charge in [-0.1, -0.05) is 19.1 Å². The van der Waals surface area contributed by atoms with Crippen LogP contribution < -0.4 is 10.6 Å². The molecule has 1 rings (SSSR count). The Hall–Kier alpha value is -2.35. The highest BCUT2D eigenvalue weighted by Crippen LogP contribution is 2.02. The minimum atomic E-state index is -0.395. The molecule has 106 valence electrons. The molecule has 0 aromatic heterocycles. The molecule has 5 heteroatoms. The second-order valence-corrected chi connectivity index (χ2v) is 4.46. The van der Waals surface area contributed by atoms with E-state index in [1.165, 1.54) is 18.3 Å². The van der Waals surface area contributed by atoms with Crippen LogP contribution in [0.1, 0.15) is 25.8 Å². The number of nitrogens with one attached hydrogen (secondary N) is 2. The number of hydrogen-bond donors (Lipinski definition) is 2. The molecule has 0 radical (unpaired) electrons. The van der Waals surface area contributed by atoms with E-state index >= 15 is 0 Å². The molecule has 0 heterocycles. The molecule has 1 amide bonds. The number of hydrogen-bond acceptors (Lipinski definition) is 3. The fourth-order valence-electron chi connectivity index (χ4n) is 1.43. The molecule has 0 saturated carbocycles. The van der Waals surface area contributed by atoms with E-state index in [4.69, 9.17) is 5.26 Å². The van der Waals surface area contributed by atoms with E-state index in [9.17, 15) is 9.18 Å². The highest BCUT2D eigenvalue weighted by Gasteiger charge is 2.10. The van der Waals surface area contributed by atoms with Gasteiger partial charge in [0.05, 0.1) is 0 Å². The maximum absolute atomic E-state index is 12.7. The van der Waals surface area contributed by atoms with Gasteiger partial charge in [0, 0.05) is 18.8 Å². The van der Waals surface area contributed by atoms with Crippen molar-refractivity contribution >= 4 is 5.91 Å². The topological polar surface area (TPSA) is 64.9 Å². The van der Waals surface area contributed by atoms with Crippen LogP contribution in [0, 0.1) is 17.1 Å². The Kier molecular flexibility index (Phi) is 6.24. The fourth-order valence-corrected chi connectivity index (χ4v) is 1.43. The van der Waals surface area contributed by atoms with Crippen molar-refractivity contribution in [1.82, 2.24) is 10.6 Å². The molecule has 2 N–H and O–H groups in total. The summed E-state index contributed by atoms with van der Waals surface area (Å²) in [7, 11) is 0. The minimum Gasteiger partial charge on any atom is -0.386 e. The number of nitrogens with zero attached hydrogens (tertiary/aromatic N) is 1. The Labute approximate surface area is 118 Å². The predicted molar refractivity (Wildman–Crippen MR) is 74.8 cm³/mol. The molecule has 1 aromatic carbocycles. The van der Waals surface area contributed by atoms with Gasteiger partial charge in [-0.2, -0.15) is 5.26 Å². The number of amides is 1. The highest BCUT2D eigenvalue weighted by atomic mass is 19.1. The van der Waals surface area contributed by atoms with E-state index in [0.29, 0.717) is 6.54 Å². The Balaban J connectivity index is 2.55. The van der Waals surface area contributed by atoms with E-state index < -0.39 is 5.91 Å². The molecular formula is C15H18FN3O. The molecule has 0 fully saturated rings. The van der Waals surface area contributed by atoms with E-state index in [2.05, 4.69) is 10.6 Å². The first-order chi connectivity index (χ1) is 9.56. The van der Waals surface area contributed by atoms with Crippen molar-refractivity contribution in [3.05, 3.63) is 47.4 Å². The summed E-state index contributed by atoms with van der Waals surface area (Å²) in [6, 6.07) is 7.88. The average molecular weight is 275 g/mol. The third-order valence-electron chi connectivity index (χ3n) is 2.82. The normalized spacial score (nSPS) is 12.4. The van der Waals surface area contributed by atoms with Gasteiger partial charge < -0.3 is 10.6 Å². The number of carbonyl (C=O) groups is 1. The number of halogens is 1. The van der Waals surface area contributed by atoms with Crippen molar-refractivity contribution in [2.75, 3.05) is 0 Å². The Morgan fingerprint density at radius 1 is 1.45 bits per heavy atom. The summed E-state index contributed by atoms with van der Waals surface area (Å²) in [5.74, 6) is -0.691. The molecule has 4 nitrogen and oxygen atoms in total. The standard InChI is InChI=1S/C15H18FN3O/c1-3-11(2)19-15(20)13(8-17)10-18-9-12-4-6-14(16)7-5-12/h4-7,10-11,18H,3,9H2,1-2H3,(H,19,20)/b13-10-. The first-order valence-corrected chi connectivity index (χ1v) is 6.45. The molecule has 1 atom stereocenters. The van der Waals surface area contributed by atoms with Gasteiger partial charge in [0.15, 0.2) is 0 Å². The van der Waals surface area contributed by atoms with Crippen LogP contribution in [0.3, 0.4) is 0 Å². The lowest BCUT2D eigenvalue weighted by molar-refractivity contribution is -0.117. The summed E-state index contributed by atoms with van der Waals surface area (Å²) < 4.78 is 12.7. The van der Waals surface area contributed by atoms with Crippen LogP contribution in [0.25, 0.3) is 0 Å². The molecule has 20 heavy (non-hydrogen) atoms. The average Bonchev–Trinajstić information content (AvgIpc) is 2.45. The molecule has 0 bridgehead atoms. The monoisotopic (exact) mass is 275 g/mol. The van der Waals surface area contributed by atoms with Crippen molar-refractivity contribution in [1.29, 1.82) is 5.26 Å². The number of rotatable bonds is 6. The van der Waals surface area contributed by atoms with Crippen molar-refractivity contribution in [2.24, 2.45) is 0 Å². The Bertz CT molecular complexity index is 517. The van der Waals surface area contributed by atoms with E-state index in [-0.39, 0.29) is 17.4 Å². The van der Waals surface area contributed by atoms with Gasteiger partial charge in [0.1, 0.15) is 17.5 Å². The number of nitriles is 1. The van der Waals surface area contributed by atoms with Gasteiger partial charge in [-0.25, -0.2) is 4.39 Å². The zero-order valence-electron chi connectivity index (χ0n) is 11.6. The van der Waals surface area contributed by atoms with E-state index in [1.807, 2.05) is 19.9 Å². The van der Waals surface area contributed by atoms with Crippen molar-refractivity contribution in [2.45, 2.75) is 32.9 Å². The molecular weight excluding hydrogens is 257 g/mol. The Morgan fingerprint density at radius 3 is 2.65 bits per heavy atom. The van der Waals surface area contributed by atoms with Gasteiger partial charge >= 0.3 is 0 Å². The van der Waals surface area contributed by atoms with Crippen LogP contribution >= 0.6 is 0 Å². The van der Waals surface area contributed by atoms with Crippen molar-refractivity contribution < 1.29 is 9.18 Å². The zero-order valence-corrected chi connectivity index (χ0v) is 11.6. The molecule has 0 aliphatic carbocycles. The second-order valence-electron chi connectivity index (χ2n) is 4.46. The van der Waals surface area contributed by atoms with Crippen LogP contribution in [0.4, 0.5) is 4.39 Å². The summed E-state index contributed by atoms with van der Waals surface area (Å²) in [4.78, 5) is 11.7. The summed E-state index contributed by atoms with van der Waals surface area (Å²) in [6.45, 7) is 4.24. The lowest BCUT2D eigenvalue weighted by atomic mass is 10.2. The van der Waals surface area contributed by atoms with Crippen LogP contribution in [0.2, 0.25) is 0 Å². The van der Waals surface area contributed by atoms with Crippen LogP contribution in [-0.2, 0) is 11.3 Å². The third-order valence-corrected chi connectivity index (χ3v) is 2.82.